The predicted molar refractivity (Wildman–Crippen MR) is 103 cm³/mol. The maximum atomic E-state index is 12.9. The van der Waals surface area contributed by atoms with Gasteiger partial charge in [0.05, 0.1) is 0 Å². The number of halogens is 1. The Hall–Kier alpha value is -1.38. The highest BCUT2D eigenvalue weighted by molar-refractivity contribution is 5.74. The molecule has 0 amide bonds. The minimum atomic E-state index is -1.52. The first-order valence-corrected chi connectivity index (χ1v) is 10.4. The van der Waals surface area contributed by atoms with Crippen LogP contribution in [0.15, 0.2) is 24.3 Å². The van der Waals surface area contributed by atoms with Crippen molar-refractivity contribution in [3.8, 4) is 0 Å². The number of hydrogen-bond donors (Lipinski definition) is 0. The molecule has 2 aliphatic carbocycles. The molecule has 0 N–H and O–H groups in total. The lowest BCUT2D eigenvalue weighted by Gasteiger charge is -2.29. The van der Waals surface area contributed by atoms with Crippen molar-refractivity contribution in [2.24, 2.45) is 5.92 Å². The van der Waals surface area contributed by atoms with Gasteiger partial charge < -0.3 is 4.74 Å². The van der Waals surface area contributed by atoms with Gasteiger partial charge in [-0.25, -0.2) is 9.18 Å². The molecule has 0 bridgehead atoms. The topological polar surface area (TPSA) is 26.3 Å². The third-order valence-corrected chi connectivity index (χ3v) is 6.13. The number of rotatable bonds is 6. The molecule has 0 saturated heterocycles. The molecule has 0 aromatic heterocycles. The summed E-state index contributed by atoms with van der Waals surface area (Å²) >= 11 is 0. The van der Waals surface area contributed by atoms with Gasteiger partial charge in [0.2, 0.25) is 0 Å². The van der Waals surface area contributed by atoms with E-state index in [1.54, 1.807) is 0 Å². The standard InChI is InChI=1S/C23H32FO2/c1-17(24)23(25)26-22-15-13-21(14-16-22)20-11-9-19(10-12-20)8-7-18-5-3-2-4-6-18/h2,9-12,17-18,21-22H,3-8,13-16H2,1H3/t17-,21?,22?/m0/s1. The van der Waals surface area contributed by atoms with Crippen molar-refractivity contribution in [2.75, 3.05) is 0 Å². The van der Waals surface area contributed by atoms with Crippen molar-refractivity contribution in [2.45, 2.75) is 89.3 Å². The number of esters is 1. The molecule has 2 nitrogen and oxygen atoms in total. The van der Waals surface area contributed by atoms with Crippen LogP contribution >= 0.6 is 0 Å². The van der Waals surface area contributed by atoms with E-state index in [1.807, 2.05) is 0 Å². The van der Waals surface area contributed by atoms with Gasteiger partial charge in [-0.1, -0.05) is 37.1 Å². The van der Waals surface area contributed by atoms with Gasteiger partial charge in [-0.15, -0.1) is 0 Å². The van der Waals surface area contributed by atoms with Crippen molar-refractivity contribution in [3.63, 3.8) is 0 Å². The maximum absolute atomic E-state index is 12.9. The van der Waals surface area contributed by atoms with Gasteiger partial charge in [0, 0.05) is 0 Å². The molecule has 2 saturated carbocycles. The van der Waals surface area contributed by atoms with Crippen molar-refractivity contribution < 1.29 is 13.9 Å². The Labute approximate surface area is 157 Å². The van der Waals surface area contributed by atoms with E-state index in [2.05, 4.69) is 30.7 Å². The summed E-state index contributed by atoms with van der Waals surface area (Å²) in [5.74, 6) is 0.731. The van der Waals surface area contributed by atoms with Crippen LogP contribution in [0.25, 0.3) is 0 Å². The van der Waals surface area contributed by atoms with Crippen LogP contribution < -0.4 is 0 Å². The summed E-state index contributed by atoms with van der Waals surface area (Å²) in [6.07, 6.45) is 12.3. The van der Waals surface area contributed by atoms with E-state index in [1.165, 1.54) is 56.6 Å². The fourth-order valence-corrected chi connectivity index (χ4v) is 4.38. The Bertz CT molecular complexity index is 552. The molecule has 2 aliphatic rings. The molecule has 1 aromatic carbocycles. The predicted octanol–water partition coefficient (Wildman–Crippen LogP) is 5.94. The van der Waals surface area contributed by atoms with Crippen LogP contribution in [-0.2, 0) is 16.0 Å². The molecular formula is C23H32FO2. The number of carbonyl (C=O) groups is 1. The largest absolute Gasteiger partial charge is 0.460 e. The molecule has 1 atom stereocenters. The summed E-state index contributed by atoms with van der Waals surface area (Å²) in [6, 6.07) is 9.15. The van der Waals surface area contributed by atoms with Gasteiger partial charge in [0.1, 0.15) is 6.10 Å². The highest BCUT2D eigenvalue weighted by Crippen LogP contribution is 2.34. The molecule has 1 aromatic rings. The smallest absolute Gasteiger partial charge is 0.340 e. The summed E-state index contributed by atoms with van der Waals surface area (Å²) in [4.78, 5) is 11.4. The van der Waals surface area contributed by atoms with Crippen molar-refractivity contribution in [1.82, 2.24) is 0 Å². The van der Waals surface area contributed by atoms with Gasteiger partial charge in [-0.05, 0) is 87.7 Å². The first-order chi connectivity index (χ1) is 12.6. The highest BCUT2D eigenvalue weighted by Gasteiger charge is 2.26. The minimum Gasteiger partial charge on any atom is -0.460 e. The second-order valence-corrected chi connectivity index (χ2v) is 8.12. The Morgan fingerprint density at radius 1 is 1.08 bits per heavy atom. The molecule has 0 unspecified atom stereocenters. The van der Waals surface area contributed by atoms with Crippen molar-refractivity contribution in [1.29, 1.82) is 0 Å². The monoisotopic (exact) mass is 359 g/mol. The van der Waals surface area contributed by atoms with Crippen LogP contribution in [0.5, 0.6) is 0 Å². The van der Waals surface area contributed by atoms with Crippen LogP contribution in [0.2, 0.25) is 0 Å². The summed E-state index contributed by atoms with van der Waals surface area (Å²) < 4.78 is 18.2. The molecule has 0 heterocycles. The zero-order valence-corrected chi connectivity index (χ0v) is 16.0. The molecule has 2 fully saturated rings. The molecule has 26 heavy (non-hydrogen) atoms. The number of benzene rings is 1. The summed E-state index contributed by atoms with van der Waals surface area (Å²) in [7, 11) is 0. The second-order valence-electron chi connectivity index (χ2n) is 8.12. The molecule has 0 spiro atoms. The lowest BCUT2D eigenvalue weighted by molar-refractivity contribution is -0.156. The number of alkyl halides is 1. The Balaban J connectivity index is 1.43. The van der Waals surface area contributed by atoms with Gasteiger partial charge in [0.25, 0.3) is 0 Å². The van der Waals surface area contributed by atoms with Crippen LogP contribution in [0.1, 0.15) is 81.8 Å². The Morgan fingerprint density at radius 2 is 1.73 bits per heavy atom. The van der Waals surface area contributed by atoms with Crippen LogP contribution in [0, 0.1) is 12.3 Å². The van der Waals surface area contributed by atoms with Gasteiger partial charge in [-0.3, -0.25) is 0 Å². The molecule has 0 aliphatic heterocycles. The summed E-state index contributed by atoms with van der Waals surface area (Å²) in [5, 5.41) is 0. The quantitative estimate of drug-likeness (QED) is 0.587. The SMILES string of the molecule is C[C@H](F)C(=O)OC1CCC(c2ccc(CCC3CC[CH]CC3)cc2)CC1. The Kier molecular flexibility index (Phi) is 7.10. The zero-order chi connectivity index (χ0) is 18.4. The van der Waals surface area contributed by atoms with E-state index in [4.69, 9.17) is 4.74 Å². The first-order valence-electron chi connectivity index (χ1n) is 10.4. The van der Waals surface area contributed by atoms with Gasteiger partial charge in [0.15, 0.2) is 6.17 Å². The van der Waals surface area contributed by atoms with Crippen LogP contribution in [-0.4, -0.2) is 18.2 Å². The number of ether oxygens (including phenoxy) is 1. The number of aryl methyl sites for hydroxylation is 1. The van der Waals surface area contributed by atoms with Gasteiger partial charge in [-0.2, -0.15) is 0 Å². The van der Waals surface area contributed by atoms with E-state index >= 15 is 0 Å². The van der Waals surface area contributed by atoms with E-state index < -0.39 is 12.1 Å². The Morgan fingerprint density at radius 3 is 2.35 bits per heavy atom. The fourth-order valence-electron chi connectivity index (χ4n) is 4.38. The van der Waals surface area contributed by atoms with E-state index in [0.29, 0.717) is 5.92 Å². The van der Waals surface area contributed by atoms with E-state index in [9.17, 15) is 9.18 Å². The molecule has 1 radical (unpaired) electrons. The van der Waals surface area contributed by atoms with Crippen LogP contribution in [0.3, 0.4) is 0 Å². The minimum absolute atomic E-state index is 0.107. The zero-order valence-electron chi connectivity index (χ0n) is 16.0. The third-order valence-electron chi connectivity index (χ3n) is 6.13. The van der Waals surface area contributed by atoms with Crippen LogP contribution in [0.4, 0.5) is 4.39 Å². The average molecular weight is 360 g/mol. The fraction of sp³-hybridized carbons (Fsp3) is 0.652. The summed E-state index contributed by atoms with van der Waals surface area (Å²) in [5.41, 5.74) is 2.84. The molecular weight excluding hydrogens is 327 g/mol. The van der Waals surface area contributed by atoms with Gasteiger partial charge >= 0.3 is 5.97 Å². The maximum Gasteiger partial charge on any atom is 0.340 e. The third kappa shape index (κ3) is 5.56. The summed E-state index contributed by atoms with van der Waals surface area (Å²) in [6.45, 7) is 1.24. The lowest BCUT2D eigenvalue weighted by Crippen LogP contribution is -2.27. The lowest BCUT2D eigenvalue weighted by atomic mass is 9.82. The average Bonchev–Trinajstić information content (AvgIpc) is 2.68. The highest BCUT2D eigenvalue weighted by atomic mass is 19.1. The normalized spacial score (nSPS) is 25.6. The van der Waals surface area contributed by atoms with Crippen molar-refractivity contribution >= 4 is 5.97 Å². The molecule has 143 valence electrons. The number of hydrogen-bond acceptors (Lipinski definition) is 2. The molecule has 3 rings (SSSR count). The van der Waals surface area contributed by atoms with E-state index in [-0.39, 0.29) is 6.10 Å². The molecule has 3 heteroatoms. The first kappa shape index (κ1) is 19.4. The van der Waals surface area contributed by atoms with Crippen molar-refractivity contribution in [3.05, 3.63) is 41.8 Å². The van der Waals surface area contributed by atoms with E-state index in [0.717, 1.165) is 31.6 Å². The second kappa shape index (κ2) is 9.53. The number of carbonyl (C=O) groups excluding carboxylic acids is 1.